The molecule has 1 aliphatic rings. The van der Waals surface area contributed by atoms with Gasteiger partial charge in [0.15, 0.2) is 0 Å². The minimum absolute atomic E-state index is 0.173. The summed E-state index contributed by atoms with van der Waals surface area (Å²) in [5.74, 6) is 0.610. The van der Waals surface area contributed by atoms with E-state index in [1.165, 1.54) is 9.71 Å². The summed E-state index contributed by atoms with van der Waals surface area (Å²) in [5, 5.41) is 13.5. The van der Waals surface area contributed by atoms with Crippen LogP contribution in [0, 0.1) is 5.92 Å². The summed E-state index contributed by atoms with van der Waals surface area (Å²) < 4.78 is 1.24. The molecular weight excluding hydrogens is 320 g/mol. The van der Waals surface area contributed by atoms with Crippen LogP contribution >= 0.6 is 11.3 Å². The van der Waals surface area contributed by atoms with Crippen molar-refractivity contribution in [2.45, 2.75) is 57.4 Å². The molecule has 4 nitrogen and oxygen atoms in total. The zero-order valence-electron chi connectivity index (χ0n) is 14.0. The molecule has 130 valence electrons. The number of nitrogens with one attached hydrogen (secondary N) is 1. The molecule has 0 spiro atoms. The highest BCUT2D eigenvalue weighted by Crippen LogP contribution is 2.24. The first kappa shape index (κ1) is 17.4. The summed E-state index contributed by atoms with van der Waals surface area (Å²) in [6.45, 7) is 0.284. The fourth-order valence-electron chi connectivity index (χ4n) is 3.38. The molecule has 3 rings (SSSR count). The van der Waals surface area contributed by atoms with Crippen LogP contribution in [0.25, 0.3) is 10.2 Å². The van der Waals surface area contributed by atoms with E-state index in [-0.39, 0.29) is 12.5 Å². The SMILES string of the molecule is O=C(CCCCc1nc2ccccc2s1)NC1CCC(CO)CC1. The Morgan fingerprint density at radius 1 is 1.21 bits per heavy atom. The molecule has 1 aromatic carbocycles. The van der Waals surface area contributed by atoms with Crippen molar-refractivity contribution in [3.8, 4) is 0 Å². The molecular formula is C19H26N2O2S. The van der Waals surface area contributed by atoms with Crippen molar-refractivity contribution < 1.29 is 9.90 Å². The van der Waals surface area contributed by atoms with Gasteiger partial charge in [0.05, 0.1) is 15.2 Å². The van der Waals surface area contributed by atoms with Gasteiger partial charge in [0, 0.05) is 19.1 Å². The van der Waals surface area contributed by atoms with Gasteiger partial charge in [0.1, 0.15) is 0 Å². The molecule has 0 saturated heterocycles. The lowest BCUT2D eigenvalue weighted by molar-refractivity contribution is -0.122. The predicted octanol–water partition coefficient (Wildman–Crippen LogP) is 3.68. The smallest absolute Gasteiger partial charge is 0.220 e. The van der Waals surface area contributed by atoms with Gasteiger partial charge in [-0.2, -0.15) is 0 Å². The number of para-hydroxylation sites is 1. The van der Waals surface area contributed by atoms with E-state index in [9.17, 15) is 4.79 Å². The number of amides is 1. The molecule has 0 atom stereocenters. The van der Waals surface area contributed by atoms with Crippen LogP contribution in [0.4, 0.5) is 0 Å². The number of carbonyl (C=O) groups is 1. The van der Waals surface area contributed by atoms with Crippen LogP contribution in [-0.4, -0.2) is 28.6 Å². The van der Waals surface area contributed by atoms with E-state index in [1.54, 1.807) is 11.3 Å². The summed E-state index contributed by atoms with van der Waals surface area (Å²) in [6.07, 6.45) is 7.53. The van der Waals surface area contributed by atoms with Crippen LogP contribution in [0.3, 0.4) is 0 Å². The number of aliphatic hydroxyl groups excluding tert-OH is 1. The molecule has 0 bridgehead atoms. The van der Waals surface area contributed by atoms with Gasteiger partial charge in [0.2, 0.25) is 5.91 Å². The van der Waals surface area contributed by atoms with Crippen LogP contribution in [0.2, 0.25) is 0 Å². The molecule has 0 unspecified atom stereocenters. The normalized spacial score (nSPS) is 21.0. The van der Waals surface area contributed by atoms with E-state index < -0.39 is 0 Å². The Labute approximate surface area is 147 Å². The van der Waals surface area contributed by atoms with Crippen LogP contribution in [0.15, 0.2) is 24.3 Å². The largest absolute Gasteiger partial charge is 0.396 e. The number of hydrogen-bond acceptors (Lipinski definition) is 4. The van der Waals surface area contributed by atoms with E-state index in [4.69, 9.17) is 5.11 Å². The van der Waals surface area contributed by atoms with E-state index in [0.717, 1.165) is 50.5 Å². The van der Waals surface area contributed by atoms with Crippen LogP contribution in [0.1, 0.15) is 50.0 Å². The molecule has 1 amide bonds. The Kier molecular flexibility index (Phi) is 6.21. The van der Waals surface area contributed by atoms with Crippen molar-refractivity contribution in [2.24, 2.45) is 5.92 Å². The van der Waals surface area contributed by atoms with Gasteiger partial charge in [-0.1, -0.05) is 12.1 Å². The quantitative estimate of drug-likeness (QED) is 0.752. The number of aryl methyl sites for hydroxylation is 1. The minimum Gasteiger partial charge on any atom is -0.396 e. The molecule has 0 radical (unpaired) electrons. The van der Waals surface area contributed by atoms with E-state index in [1.807, 2.05) is 18.2 Å². The third kappa shape index (κ3) is 4.77. The molecule has 1 fully saturated rings. The Morgan fingerprint density at radius 3 is 2.75 bits per heavy atom. The Balaban J connectivity index is 1.33. The van der Waals surface area contributed by atoms with Gasteiger partial charge in [-0.15, -0.1) is 11.3 Å². The summed E-state index contributed by atoms with van der Waals surface area (Å²) in [4.78, 5) is 16.7. The topological polar surface area (TPSA) is 62.2 Å². The van der Waals surface area contributed by atoms with Crippen molar-refractivity contribution in [3.63, 3.8) is 0 Å². The van der Waals surface area contributed by atoms with Gasteiger partial charge < -0.3 is 10.4 Å². The van der Waals surface area contributed by atoms with Crippen molar-refractivity contribution in [1.82, 2.24) is 10.3 Å². The third-order valence-corrected chi connectivity index (χ3v) is 5.95. The second kappa shape index (κ2) is 8.58. The van der Waals surface area contributed by atoms with Gasteiger partial charge in [-0.25, -0.2) is 4.98 Å². The van der Waals surface area contributed by atoms with Crippen LogP contribution in [0.5, 0.6) is 0 Å². The van der Waals surface area contributed by atoms with Gasteiger partial charge >= 0.3 is 0 Å². The van der Waals surface area contributed by atoms with Crippen molar-refractivity contribution in [2.75, 3.05) is 6.61 Å². The number of hydrogen-bond donors (Lipinski definition) is 2. The molecule has 1 heterocycles. The predicted molar refractivity (Wildman–Crippen MR) is 98.1 cm³/mol. The zero-order valence-corrected chi connectivity index (χ0v) is 14.9. The third-order valence-electron chi connectivity index (χ3n) is 4.85. The number of rotatable bonds is 7. The maximum Gasteiger partial charge on any atom is 0.220 e. The number of aromatic nitrogens is 1. The lowest BCUT2D eigenvalue weighted by atomic mass is 9.86. The standard InChI is InChI=1S/C19H26N2O2S/c22-13-14-9-11-15(12-10-14)20-18(23)7-3-4-8-19-21-16-5-1-2-6-17(16)24-19/h1-2,5-6,14-15,22H,3-4,7-13H2,(H,20,23). The van der Waals surface area contributed by atoms with Crippen molar-refractivity contribution in [1.29, 1.82) is 0 Å². The average Bonchev–Trinajstić information content (AvgIpc) is 3.02. The highest BCUT2D eigenvalue weighted by atomic mass is 32.1. The van der Waals surface area contributed by atoms with Crippen molar-refractivity contribution >= 4 is 27.5 Å². The van der Waals surface area contributed by atoms with Gasteiger partial charge in [-0.3, -0.25) is 4.79 Å². The summed E-state index contributed by atoms with van der Waals surface area (Å²) in [7, 11) is 0. The summed E-state index contributed by atoms with van der Waals surface area (Å²) >= 11 is 1.75. The van der Waals surface area contributed by atoms with Gasteiger partial charge in [-0.05, 0) is 63.0 Å². The molecule has 2 N–H and O–H groups in total. The lowest BCUT2D eigenvalue weighted by Crippen LogP contribution is -2.37. The minimum atomic E-state index is 0.173. The average molecular weight is 346 g/mol. The number of fused-ring (bicyclic) bond motifs is 1. The van der Waals surface area contributed by atoms with E-state index in [2.05, 4.69) is 16.4 Å². The molecule has 1 saturated carbocycles. The number of unbranched alkanes of at least 4 members (excludes halogenated alkanes) is 1. The molecule has 24 heavy (non-hydrogen) atoms. The number of thiazole rings is 1. The van der Waals surface area contributed by atoms with Gasteiger partial charge in [0.25, 0.3) is 0 Å². The Bertz CT molecular complexity index is 629. The highest BCUT2D eigenvalue weighted by molar-refractivity contribution is 7.18. The highest BCUT2D eigenvalue weighted by Gasteiger charge is 2.21. The zero-order chi connectivity index (χ0) is 16.8. The molecule has 1 aliphatic carbocycles. The fourth-order valence-corrected chi connectivity index (χ4v) is 4.39. The lowest BCUT2D eigenvalue weighted by Gasteiger charge is -2.27. The molecule has 0 aliphatic heterocycles. The Morgan fingerprint density at radius 2 is 2.00 bits per heavy atom. The maximum absolute atomic E-state index is 12.0. The summed E-state index contributed by atoms with van der Waals surface area (Å²) in [6, 6.07) is 8.53. The maximum atomic E-state index is 12.0. The monoisotopic (exact) mass is 346 g/mol. The molecule has 5 heteroatoms. The first-order chi connectivity index (χ1) is 11.7. The molecule has 1 aromatic heterocycles. The second-order valence-electron chi connectivity index (χ2n) is 6.75. The number of benzene rings is 1. The number of aliphatic hydroxyl groups is 1. The fraction of sp³-hybridized carbons (Fsp3) is 0.579. The Hall–Kier alpha value is -1.46. The van der Waals surface area contributed by atoms with E-state index in [0.29, 0.717) is 18.4 Å². The molecule has 2 aromatic rings. The van der Waals surface area contributed by atoms with E-state index >= 15 is 0 Å². The van der Waals surface area contributed by atoms with Crippen molar-refractivity contribution in [3.05, 3.63) is 29.3 Å². The first-order valence-corrected chi connectivity index (χ1v) is 9.81. The second-order valence-corrected chi connectivity index (χ2v) is 7.87. The summed E-state index contributed by atoms with van der Waals surface area (Å²) in [5.41, 5.74) is 1.08. The number of carbonyl (C=O) groups excluding carboxylic acids is 1. The van der Waals surface area contributed by atoms with Crippen LogP contribution < -0.4 is 5.32 Å². The van der Waals surface area contributed by atoms with Crippen LogP contribution in [-0.2, 0) is 11.2 Å². The first-order valence-electron chi connectivity index (χ1n) is 8.99. The number of nitrogens with zero attached hydrogens (tertiary/aromatic N) is 1.